The van der Waals surface area contributed by atoms with Gasteiger partial charge in [0.05, 0.1) is 11.9 Å². The van der Waals surface area contributed by atoms with Gasteiger partial charge in [-0.3, -0.25) is 4.40 Å². The predicted octanol–water partition coefficient (Wildman–Crippen LogP) is 3.47. The number of aromatic hydroxyl groups is 1. The first-order chi connectivity index (χ1) is 14.1. The van der Waals surface area contributed by atoms with Gasteiger partial charge in [0, 0.05) is 37.2 Å². The van der Waals surface area contributed by atoms with E-state index in [-0.39, 0.29) is 11.8 Å². The number of carbonyl (C=O) groups is 1. The number of amides is 2. The number of nitrogens with zero attached hydrogens (tertiary/aromatic N) is 3. The summed E-state index contributed by atoms with van der Waals surface area (Å²) in [5, 5.41) is 17.9. The number of imidazole rings is 1. The van der Waals surface area contributed by atoms with E-state index >= 15 is 0 Å². The molecule has 0 saturated heterocycles. The van der Waals surface area contributed by atoms with E-state index in [1.165, 1.54) is 0 Å². The third kappa shape index (κ3) is 3.96. The summed E-state index contributed by atoms with van der Waals surface area (Å²) in [5.74, 6) is 0.907. The Morgan fingerprint density at radius 2 is 1.83 bits per heavy atom. The molecule has 0 aliphatic rings. The van der Waals surface area contributed by atoms with E-state index in [1.807, 2.05) is 41.9 Å². The third-order valence-corrected chi connectivity index (χ3v) is 4.49. The van der Waals surface area contributed by atoms with Crippen molar-refractivity contribution in [1.29, 1.82) is 0 Å². The Morgan fingerprint density at radius 1 is 1.07 bits per heavy atom. The molecule has 0 saturated carbocycles. The number of phenolic OH excluding ortho intramolecular Hbond substituents is 1. The number of phenols is 1. The largest absolute Gasteiger partial charge is 0.508 e. The molecule has 0 atom stereocenters. The Balaban J connectivity index is 1.43. The summed E-state index contributed by atoms with van der Waals surface area (Å²) in [6.07, 6.45) is 5.38. The van der Waals surface area contributed by atoms with Crippen LogP contribution in [0.25, 0.3) is 16.9 Å². The molecule has 0 aliphatic heterocycles. The van der Waals surface area contributed by atoms with Gasteiger partial charge in [-0.1, -0.05) is 24.3 Å². The molecule has 4 N–H and O–H groups in total. The van der Waals surface area contributed by atoms with Gasteiger partial charge in [-0.2, -0.15) is 0 Å². The molecule has 2 aromatic carbocycles. The van der Waals surface area contributed by atoms with Crippen LogP contribution in [0.5, 0.6) is 5.75 Å². The van der Waals surface area contributed by atoms with Gasteiger partial charge < -0.3 is 21.1 Å². The van der Waals surface area contributed by atoms with Crippen LogP contribution < -0.4 is 16.0 Å². The molecule has 4 rings (SSSR count). The van der Waals surface area contributed by atoms with E-state index in [0.717, 1.165) is 22.5 Å². The standard InChI is InChI=1S/C21H20N6O2/c1-22-19-20-24-13-18(27(20)11-10-23-19)15-4-6-16(7-5-15)26-21(29)25-12-14-2-8-17(28)9-3-14/h2-11,13,28H,12H2,1H3,(H,22,23)(H2,25,26,29). The van der Waals surface area contributed by atoms with Crippen molar-refractivity contribution in [2.24, 2.45) is 0 Å². The van der Waals surface area contributed by atoms with Crippen molar-refractivity contribution in [2.75, 3.05) is 17.7 Å². The minimum absolute atomic E-state index is 0.197. The zero-order valence-corrected chi connectivity index (χ0v) is 15.8. The molecule has 0 radical (unpaired) electrons. The van der Waals surface area contributed by atoms with Crippen molar-refractivity contribution < 1.29 is 9.90 Å². The van der Waals surface area contributed by atoms with E-state index in [1.54, 1.807) is 36.7 Å². The van der Waals surface area contributed by atoms with Crippen molar-refractivity contribution in [2.45, 2.75) is 6.54 Å². The highest BCUT2D eigenvalue weighted by molar-refractivity contribution is 5.89. The fourth-order valence-corrected chi connectivity index (χ4v) is 3.00. The lowest BCUT2D eigenvalue weighted by molar-refractivity contribution is 0.251. The first kappa shape index (κ1) is 18.3. The van der Waals surface area contributed by atoms with Crippen LogP contribution in [-0.4, -0.2) is 32.6 Å². The number of rotatable bonds is 5. The monoisotopic (exact) mass is 388 g/mol. The second kappa shape index (κ2) is 7.89. The van der Waals surface area contributed by atoms with Crippen LogP contribution in [0.4, 0.5) is 16.3 Å². The average molecular weight is 388 g/mol. The Labute approximate surface area is 167 Å². The molecule has 2 amide bonds. The van der Waals surface area contributed by atoms with Crippen LogP contribution in [0.3, 0.4) is 0 Å². The third-order valence-electron chi connectivity index (χ3n) is 4.49. The van der Waals surface area contributed by atoms with Gasteiger partial charge in [-0.15, -0.1) is 0 Å². The van der Waals surface area contributed by atoms with Crippen molar-refractivity contribution in [3.8, 4) is 17.0 Å². The number of nitrogens with one attached hydrogen (secondary N) is 3. The van der Waals surface area contributed by atoms with Crippen molar-refractivity contribution in [3.63, 3.8) is 0 Å². The summed E-state index contributed by atoms with van der Waals surface area (Å²) in [6, 6.07) is 13.9. The molecule has 8 nitrogen and oxygen atoms in total. The Morgan fingerprint density at radius 3 is 2.55 bits per heavy atom. The quantitative estimate of drug-likeness (QED) is 0.419. The first-order valence-electron chi connectivity index (χ1n) is 9.07. The molecule has 0 unspecified atom stereocenters. The maximum atomic E-state index is 12.1. The summed E-state index contributed by atoms with van der Waals surface area (Å²) in [4.78, 5) is 20.8. The predicted molar refractivity (Wildman–Crippen MR) is 112 cm³/mol. The molecular formula is C21H20N6O2. The van der Waals surface area contributed by atoms with Crippen LogP contribution in [-0.2, 0) is 6.54 Å². The van der Waals surface area contributed by atoms with Crippen LogP contribution in [0.2, 0.25) is 0 Å². The summed E-state index contributed by atoms with van der Waals surface area (Å²) in [6.45, 7) is 0.369. The minimum Gasteiger partial charge on any atom is -0.508 e. The molecule has 2 aromatic heterocycles. The van der Waals surface area contributed by atoms with E-state index in [2.05, 4.69) is 25.9 Å². The van der Waals surface area contributed by atoms with Crippen LogP contribution in [0.1, 0.15) is 5.56 Å². The topological polar surface area (TPSA) is 104 Å². The summed E-state index contributed by atoms with van der Waals surface area (Å²) >= 11 is 0. The highest BCUT2D eigenvalue weighted by Crippen LogP contribution is 2.24. The molecular weight excluding hydrogens is 368 g/mol. The molecule has 0 fully saturated rings. The fraction of sp³-hybridized carbons (Fsp3) is 0.0952. The molecule has 29 heavy (non-hydrogen) atoms. The highest BCUT2D eigenvalue weighted by Gasteiger charge is 2.10. The molecule has 146 valence electrons. The number of carbonyl (C=O) groups excluding carboxylic acids is 1. The zero-order valence-electron chi connectivity index (χ0n) is 15.8. The SMILES string of the molecule is CNc1nccn2c(-c3ccc(NC(=O)NCc4ccc(O)cc4)cc3)cnc12. The highest BCUT2D eigenvalue weighted by atomic mass is 16.3. The van der Waals surface area contributed by atoms with Gasteiger partial charge in [0.15, 0.2) is 11.5 Å². The van der Waals surface area contributed by atoms with Crippen molar-refractivity contribution in [3.05, 3.63) is 72.7 Å². The van der Waals surface area contributed by atoms with Crippen LogP contribution in [0, 0.1) is 0 Å². The maximum Gasteiger partial charge on any atom is 0.319 e. The number of fused-ring (bicyclic) bond motifs is 1. The lowest BCUT2D eigenvalue weighted by Crippen LogP contribution is -2.28. The Hall–Kier alpha value is -4.07. The molecule has 4 aromatic rings. The fourth-order valence-electron chi connectivity index (χ4n) is 3.00. The van der Waals surface area contributed by atoms with E-state index in [4.69, 9.17) is 0 Å². The van der Waals surface area contributed by atoms with Gasteiger partial charge in [0.1, 0.15) is 5.75 Å². The molecule has 0 aliphatic carbocycles. The Kier molecular flexibility index (Phi) is 4.98. The normalized spacial score (nSPS) is 10.7. The average Bonchev–Trinajstić information content (AvgIpc) is 3.18. The molecule has 8 heteroatoms. The molecule has 2 heterocycles. The van der Waals surface area contributed by atoms with Crippen molar-refractivity contribution in [1.82, 2.24) is 19.7 Å². The van der Waals surface area contributed by atoms with Crippen LogP contribution in [0.15, 0.2) is 67.1 Å². The van der Waals surface area contributed by atoms with E-state index in [0.29, 0.717) is 18.1 Å². The number of hydrogen-bond donors (Lipinski definition) is 4. The second-order valence-corrected chi connectivity index (χ2v) is 6.41. The molecule has 0 spiro atoms. The Bertz CT molecular complexity index is 1140. The van der Waals surface area contributed by atoms with Crippen molar-refractivity contribution >= 4 is 23.2 Å². The summed E-state index contributed by atoms with van der Waals surface area (Å²) in [7, 11) is 1.81. The smallest absolute Gasteiger partial charge is 0.319 e. The van der Waals surface area contributed by atoms with Gasteiger partial charge >= 0.3 is 6.03 Å². The minimum atomic E-state index is -0.301. The van der Waals surface area contributed by atoms with Gasteiger partial charge in [0.2, 0.25) is 0 Å². The number of benzene rings is 2. The van der Waals surface area contributed by atoms with Gasteiger partial charge in [-0.25, -0.2) is 14.8 Å². The number of hydrogen-bond acceptors (Lipinski definition) is 5. The summed E-state index contributed by atoms with van der Waals surface area (Å²) < 4.78 is 1.96. The number of anilines is 2. The second-order valence-electron chi connectivity index (χ2n) is 6.41. The maximum absolute atomic E-state index is 12.1. The first-order valence-corrected chi connectivity index (χ1v) is 9.07. The molecule has 0 bridgehead atoms. The van der Waals surface area contributed by atoms with E-state index < -0.39 is 0 Å². The van der Waals surface area contributed by atoms with Gasteiger partial charge in [0.25, 0.3) is 0 Å². The lowest BCUT2D eigenvalue weighted by Gasteiger charge is -2.09. The van der Waals surface area contributed by atoms with Gasteiger partial charge in [-0.05, 0) is 29.8 Å². The van der Waals surface area contributed by atoms with Crippen LogP contribution >= 0.6 is 0 Å². The summed E-state index contributed by atoms with van der Waals surface area (Å²) in [5.41, 5.74) is 4.24. The zero-order chi connectivity index (χ0) is 20.2. The lowest BCUT2D eigenvalue weighted by atomic mass is 10.1. The number of urea groups is 1. The van der Waals surface area contributed by atoms with E-state index in [9.17, 15) is 9.90 Å². The number of aromatic nitrogens is 3.